The van der Waals surface area contributed by atoms with Gasteiger partial charge in [-0.15, -0.1) is 0 Å². The molecule has 0 fully saturated rings. The van der Waals surface area contributed by atoms with Gasteiger partial charge in [0, 0.05) is 6.20 Å². The Morgan fingerprint density at radius 3 is 2.82 bits per heavy atom. The van der Waals surface area contributed by atoms with Crippen LogP contribution in [-0.4, -0.2) is 16.1 Å². The molecule has 1 heterocycles. The number of halogens is 2. The molecule has 3 nitrogen and oxygen atoms in total. The second-order valence-electron chi connectivity index (χ2n) is 1.76. The Morgan fingerprint density at radius 2 is 2.36 bits per heavy atom. The highest BCUT2D eigenvalue weighted by Gasteiger charge is 2.12. The quantitative estimate of drug-likeness (QED) is 0.783. The Bertz CT molecular complexity index is 303. The van der Waals surface area contributed by atoms with E-state index in [2.05, 4.69) is 20.9 Å². The normalized spacial score (nSPS) is 9.64. The van der Waals surface area contributed by atoms with Crippen molar-refractivity contribution in [2.45, 2.75) is 0 Å². The fraction of sp³-hybridized carbons (Fsp3) is 0. The number of hydrogen-bond donors (Lipinski definition) is 1. The smallest absolute Gasteiger partial charge is 0.355 e. The summed E-state index contributed by atoms with van der Waals surface area (Å²) in [5.74, 6) is -1.88. The molecular weight excluding hydrogens is 217 g/mol. The first kappa shape index (κ1) is 8.13. The van der Waals surface area contributed by atoms with Gasteiger partial charge in [0.2, 0.25) is 0 Å². The lowest BCUT2D eigenvalue weighted by Crippen LogP contribution is -2.02. The molecule has 0 atom stereocenters. The van der Waals surface area contributed by atoms with Gasteiger partial charge in [-0.05, 0) is 22.0 Å². The lowest BCUT2D eigenvalue weighted by molar-refractivity contribution is 0.0688. The van der Waals surface area contributed by atoms with Crippen LogP contribution in [0.5, 0.6) is 0 Å². The molecule has 0 spiro atoms. The van der Waals surface area contributed by atoms with Crippen LogP contribution >= 0.6 is 15.9 Å². The SMILES string of the molecule is O=C(O)c1nccc(F)c1Br. The Labute approximate surface area is 70.0 Å². The minimum absolute atomic E-state index is 0.118. The van der Waals surface area contributed by atoms with E-state index in [0.29, 0.717) is 0 Å². The number of nitrogens with zero attached hydrogens (tertiary/aromatic N) is 1. The van der Waals surface area contributed by atoms with Gasteiger partial charge in [-0.1, -0.05) is 0 Å². The van der Waals surface area contributed by atoms with Crippen molar-refractivity contribution >= 4 is 21.9 Å². The van der Waals surface area contributed by atoms with Gasteiger partial charge in [-0.2, -0.15) is 0 Å². The van der Waals surface area contributed by atoms with Crippen LogP contribution in [0.15, 0.2) is 16.7 Å². The molecule has 58 valence electrons. The molecule has 0 aromatic carbocycles. The summed E-state index contributed by atoms with van der Waals surface area (Å²) < 4.78 is 12.5. The van der Waals surface area contributed by atoms with Crippen LogP contribution in [0.25, 0.3) is 0 Å². The van der Waals surface area contributed by atoms with E-state index in [9.17, 15) is 9.18 Å². The third kappa shape index (κ3) is 1.54. The fourth-order valence-electron chi connectivity index (χ4n) is 0.569. The van der Waals surface area contributed by atoms with Gasteiger partial charge in [0.1, 0.15) is 5.82 Å². The summed E-state index contributed by atoms with van der Waals surface area (Å²) in [5.41, 5.74) is -0.315. The second-order valence-corrected chi connectivity index (χ2v) is 2.55. The highest BCUT2D eigenvalue weighted by Crippen LogP contribution is 2.17. The van der Waals surface area contributed by atoms with Gasteiger partial charge in [-0.25, -0.2) is 14.2 Å². The summed E-state index contributed by atoms with van der Waals surface area (Å²) in [5, 5.41) is 8.43. The predicted molar refractivity (Wildman–Crippen MR) is 38.9 cm³/mol. The summed E-state index contributed by atoms with van der Waals surface area (Å²) in [6, 6.07) is 1.08. The number of carboxylic acids is 1. The first-order chi connectivity index (χ1) is 5.13. The van der Waals surface area contributed by atoms with Gasteiger partial charge >= 0.3 is 5.97 Å². The minimum Gasteiger partial charge on any atom is -0.476 e. The summed E-state index contributed by atoms with van der Waals surface area (Å²) in [7, 11) is 0. The maximum atomic E-state index is 12.6. The number of aromatic nitrogens is 1. The van der Waals surface area contributed by atoms with Crippen LogP contribution in [0, 0.1) is 5.82 Å². The van der Waals surface area contributed by atoms with Crippen LogP contribution in [0.2, 0.25) is 0 Å². The van der Waals surface area contributed by atoms with Crippen molar-refractivity contribution in [3.63, 3.8) is 0 Å². The van der Waals surface area contributed by atoms with Crippen molar-refractivity contribution in [3.05, 3.63) is 28.2 Å². The average Bonchev–Trinajstić information content (AvgIpc) is 1.94. The summed E-state index contributed by atoms with van der Waals surface area (Å²) in [6.45, 7) is 0. The molecule has 0 bridgehead atoms. The van der Waals surface area contributed by atoms with Crippen molar-refractivity contribution in [2.24, 2.45) is 0 Å². The predicted octanol–water partition coefficient (Wildman–Crippen LogP) is 1.68. The van der Waals surface area contributed by atoms with Gasteiger partial charge in [-0.3, -0.25) is 0 Å². The third-order valence-electron chi connectivity index (χ3n) is 1.04. The van der Waals surface area contributed by atoms with Crippen molar-refractivity contribution in [3.8, 4) is 0 Å². The number of rotatable bonds is 1. The van der Waals surface area contributed by atoms with Crippen molar-refractivity contribution in [2.75, 3.05) is 0 Å². The van der Waals surface area contributed by atoms with Crippen LogP contribution < -0.4 is 0 Å². The molecule has 0 saturated heterocycles. The molecule has 1 N–H and O–H groups in total. The molecule has 0 radical (unpaired) electrons. The van der Waals surface area contributed by atoms with E-state index in [-0.39, 0.29) is 10.2 Å². The lowest BCUT2D eigenvalue weighted by atomic mass is 10.3. The Balaban J connectivity index is 3.27. The number of pyridine rings is 1. The van der Waals surface area contributed by atoms with Gasteiger partial charge in [0.25, 0.3) is 0 Å². The Morgan fingerprint density at radius 1 is 1.73 bits per heavy atom. The molecule has 0 saturated carbocycles. The molecule has 0 aliphatic rings. The van der Waals surface area contributed by atoms with E-state index in [0.717, 1.165) is 12.3 Å². The molecule has 0 amide bonds. The number of carbonyl (C=O) groups is 1. The summed E-state index contributed by atoms with van der Waals surface area (Å²) in [4.78, 5) is 13.8. The molecule has 0 aliphatic heterocycles. The van der Waals surface area contributed by atoms with Crippen LogP contribution in [0.3, 0.4) is 0 Å². The van der Waals surface area contributed by atoms with E-state index in [4.69, 9.17) is 5.11 Å². The zero-order chi connectivity index (χ0) is 8.43. The zero-order valence-corrected chi connectivity index (χ0v) is 6.80. The maximum absolute atomic E-state index is 12.6. The van der Waals surface area contributed by atoms with Gasteiger partial charge < -0.3 is 5.11 Å². The standard InChI is InChI=1S/C6H3BrFNO2/c7-4-3(8)1-2-9-5(4)6(10)11/h1-2H,(H,10,11). The monoisotopic (exact) mass is 219 g/mol. The van der Waals surface area contributed by atoms with Crippen LogP contribution in [0.1, 0.15) is 10.5 Å². The third-order valence-corrected chi connectivity index (χ3v) is 1.80. The number of aromatic carboxylic acids is 1. The Kier molecular flexibility index (Phi) is 2.19. The molecule has 1 aromatic heterocycles. The van der Waals surface area contributed by atoms with Crippen molar-refractivity contribution in [1.29, 1.82) is 0 Å². The Hall–Kier alpha value is -0.970. The van der Waals surface area contributed by atoms with E-state index >= 15 is 0 Å². The topological polar surface area (TPSA) is 50.2 Å². The van der Waals surface area contributed by atoms with Crippen molar-refractivity contribution < 1.29 is 14.3 Å². The highest BCUT2D eigenvalue weighted by atomic mass is 79.9. The van der Waals surface area contributed by atoms with Gasteiger partial charge in [0.05, 0.1) is 4.47 Å². The molecule has 1 aromatic rings. The van der Waals surface area contributed by atoms with E-state index in [1.165, 1.54) is 0 Å². The van der Waals surface area contributed by atoms with Crippen molar-refractivity contribution in [1.82, 2.24) is 4.98 Å². The molecule has 0 unspecified atom stereocenters. The molecule has 0 aliphatic carbocycles. The summed E-state index contributed by atoms with van der Waals surface area (Å²) in [6.07, 6.45) is 1.10. The molecule has 1 rings (SSSR count). The van der Waals surface area contributed by atoms with Crippen LogP contribution in [-0.2, 0) is 0 Å². The number of carboxylic acid groups (broad SMARTS) is 1. The fourth-order valence-corrected chi connectivity index (χ4v) is 0.973. The lowest BCUT2D eigenvalue weighted by Gasteiger charge is -1.96. The van der Waals surface area contributed by atoms with E-state index in [1.807, 2.05) is 0 Å². The van der Waals surface area contributed by atoms with E-state index < -0.39 is 11.8 Å². The first-order valence-electron chi connectivity index (χ1n) is 2.66. The largest absolute Gasteiger partial charge is 0.476 e. The highest BCUT2D eigenvalue weighted by molar-refractivity contribution is 9.10. The maximum Gasteiger partial charge on any atom is 0.355 e. The van der Waals surface area contributed by atoms with E-state index in [1.54, 1.807) is 0 Å². The van der Waals surface area contributed by atoms with Crippen LogP contribution in [0.4, 0.5) is 4.39 Å². The average molecular weight is 220 g/mol. The van der Waals surface area contributed by atoms with Gasteiger partial charge in [0.15, 0.2) is 5.69 Å². The minimum atomic E-state index is -1.25. The molecule has 11 heavy (non-hydrogen) atoms. The first-order valence-corrected chi connectivity index (χ1v) is 3.45. The second kappa shape index (κ2) is 2.96. The molecule has 5 heteroatoms. The zero-order valence-electron chi connectivity index (χ0n) is 5.21. The number of hydrogen-bond acceptors (Lipinski definition) is 2. The molecular formula is C6H3BrFNO2. The summed E-state index contributed by atoms with van der Waals surface area (Å²) >= 11 is 2.76.